The van der Waals surface area contributed by atoms with E-state index in [-0.39, 0.29) is 5.03 Å². The van der Waals surface area contributed by atoms with Crippen LogP contribution in [0.3, 0.4) is 0 Å². The van der Waals surface area contributed by atoms with Crippen LogP contribution < -0.4 is 10.5 Å². The summed E-state index contributed by atoms with van der Waals surface area (Å²) in [7, 11) is -4.10. The van der Waals surface area contributed by atoms with Gasteiger partial charge in [0, 0.05) is 6.42 Å². The summed E-state index contributed by atoms with van der Waals surface area (Å²) < 4.78 is 25.6. The van der Waals surface area contributed by atoms with Crippen molar-refractivity contribution in [1.29, 1.82) is 0 Å². The summed E-state index contributed by atoms with van der Waals surface area (Å²) in [4.78, 5) is 27.9. The zero-order valence-corrected chi connectivity index (χ0v) is 10.9. The number of sulfonamides is 1. The highest BCUT2D eigenvalue weighted by Crippen LogP contribution is 2.08. The van der Waals surface area contributed by atoms with Gasteiger partial charge in [-0.1, -0.05) is 6.92 Å². The van der Waals surface area contributed by atoms with Crippen LogP contribution in [0.4, 0.5) is 0 Å². The lowest BCUT2D eigenvalue weighted by Crippen LogP contribution is -2.43. The minimum Gasteiger partial charge on any atom is -0.480 e. The molecular weight excluding hydrogens is 276 g/mol. The molecule has 1 heterocycles. The number of carboxylic acid groups (broad SMARTS) is 1. The maximum Gasteiger partial charge on any atom is 0.322 e. The Hall–Kier alpha value is -1.94. The summed E-state index contributed by atoms with van der Waals surface area (Å²) in [6, 6.07) is -1.61. The second-order valence-electron chi connectivity index (χ2n) is 3.73. The highest BCUT2D eigenvalue weighted by Gasteiger charge is 2.28. The van der Waals surface area contributed by atoms with E-state index in [4.69, 9.17) is 10.8 Å². The maximum atomic E-state index is 11.9. The Bertz CT molecular complexity index is 579. The van der Waals surface area contributed by atoms with Crippen LogP contribution in [0.15, 0.2) is 11.2 Å². The molecule has 0 unspecified atom stereocenters. The van der Waals surface area contributed by atoms with Crippen LogP contribution in [-0.2, 0) is 26.0 Å². The molecule has 1 atom stereocenters. The van der Waals surface area contributed by atoms with E-state index in [1.165, 1.54) is 0 Å². The molecule has 0 saturated heterocycles. The van der Waals surface area contributed by atoms with Crippen LogP contribution in [0, 0.1) is 0 Å². The lowest BCUT2D eigenvalue weighted by Gasteiger charge is -2.11. The standard InChI is InChI=1S/C9H14N4O5S/c1-2-7-11-4-8(12-7)19(17,18)13-5(9(15)16)3-6(10)14/h4-5,13H,2-3H2,1H3,(H2,10,14)(H,11,12)(H,15,16)/t5-/m0/s1. The third kappa shape index (κ3) is 4.03. The molecule has 106 valence electrons. The predicted octanol–water partition coefficient (Wildman–Crippen LogP) is -1.42. The quantitative estimate of drug-likeness (QED) is 0.483. The highest BCUT2D eigenvalue weighted by atomic mass is 32.2. The fraction of sp³-hybridized carbons (Fsp3) is 0.444. The van der Waals surface area contributed by atoms with Crippen LogP contribution in [0.2, 0.25) is 0 Å². The van der Waals surface area contributed by atoms with Crippen molar-refractivity contribution in [3.63, 3.8) is 0 Å². The van der Waals surface area contributed by atoms with Gasteiger partial charge >= 0.3 is 5.97 Å². The summed E-state index contributed by atoms with van der Waals surface area (Å²) in [5.41, 5.74) is 4.86. The summed E-state index contributed by atoms with van der Waals surface area (Å²) in [6.45, 7) is 1.77. The van der Waals surface area contributed by atoms with Crippen molar-refractivity contribution in [2.75, 3.05) is 0 Å². The monoisotopic (exact) mass is 290 g/mol. The Balaban J connectivity index is 2.93. The van der Waals surface area contributed by atoms with Crippen molar-refractivity contribution in [3.05, 3.63) is 12.0 Å². The molecule has 10 heteroatoms. The van der Waals surface area contributed by atoms with Gasteiger partial charge in [0.2, 0.25) is 5.91 Å². The Morgan fingerprint density at radius 1 is 1.58 bits per heavy atom. The number of hydrogen-bond donors (Lipinski definition) is 4. The number of rotatable bonds is 7. The molecule has 5 N–H and O–H groups in total. The van der Waals surface area contributed by atoms with Crippen LogP contribution in [0.5, 0.6) is 0 Å². The fourth-order valence-electron chi connectivity index (χ4n) is 1.29. The summed E-state index contributed by atoms with van der Waals surface area (Å²) in [6.07, 6.45) is 0.937. The molecule has 19 heavy (non-hydrogen) atoms. The number of imidazole rings is 1. The third-order valence-electron chi connectivity index (χ3n) is 2.23. The first-order valence-corrected chi connectivity index (χ1v) is 6.82. The lowest BCUT2D eigenvalue weighted by atomic mass is 10.2. The number of carboxylic acids is 1. The van der Waals surface area contributed by atoms with Crippen molar-refractivity contribution in [3.8, 4) is 0 Å². The van der Waals surface area contributed by atoms with E-state index in [1.54, 1.807) is 6.92 Å². The summed E-state index contributed by atoms with van der Waals surface area (Å²) in [5, 5.41) is 8.56. The molecular formula is C9H14N4O5S. The van der Waals surface area contributed by atoms with Gasteiger partial charge in [0.1, 0.15) is 11.9 Å². The Morgan fingerprint density at radius 2 is 2.21 bits per heavy atom. The van der Waals surface area contributed by atoms with Crippen molar-refractivity contribution in [1.82, 2.24) is 14.7 Å². The van der Waals surface area contributed by atoms with Crippen LogP contribution >= 0.6 is 0 Å². The van der Waals surface area contributed by atoms with Gasteiger partial charge in [0.15, 0.2) is 5.03 Å². The molecule has 0 aliphatic rings. The number of aromatic nitrogens is 2. The number of nitrogens with one attached hydrogen (secondary N) is 2. The Kier molecular flexibility index (Phi) is 4.62. The molecule has 1 amide bonds. The van der Waals surface area contributed by atoms with Crippen molar-refractivity contribution >= 4 is 21.9 Å². The van der Waals surface area contributed by atoms with Gasteiger partial charge in [0.05, 0.1) is 12.6 Å². The summed E-state index contributed by atoms with van der Waals surface area (Å²) >= 11 is 0. The average molecular weight is 290 g/mol. The molecule has 1 aromatic heterocycles. The maximum absolute atomic E-state index is 11.9. The SMILES string of the molecule is CCc1ncc(S(=O)(=O)N[C@@H](CC(N)=O)C(=O)O)[nH]1. The zero-order chi connectivity index (χ0) is 14.6. The molecule has 0 aliphatic carbocycles. The number of primary amides is 1. The van der Waals surface area contributed by atoms with Gasteiger partial charge < -0.3 is 15.8 Å². The van der Waals surface area contributed by atoms with Gasteiger partial charge in [0.25, 0.3) is 10.0 Å². The number of aromatic amines is 1. The second kappa shape index (κ2) is 5.80. The Morgan fingerprint density at radius 3 is 2.63 bits per heavy atom. The van der Waals surface area contributed by atoms with Crippen LogP contribution in [0.1, 0.15) is 19.2 Å². The van der Waals surface area contributed by atoms with E-state index in [9.17, 15) is 18.0 Å². The highest BCUT2D eigenvalue weighted by molar-refractivity contribution is 7.89. The topological polar surface area (TPSA) is 155 Å². The molecule has 1 rings (SSSR count). The van der Waals surface area contributed by atoms with Crippen LogP contribution in [0.25, 0.3) is 0 Å². The lowest BCUT2D eigenvalue weighted by molar-refractivity contribution is -0.140. The number of amides is 1. The predicted molar refractivity (Wildman–Crippen MR) is 63.5 cm³/mol. The van der Waals surface area contributed by atoms with Crippen molar-refractivity contribution in [2.45, 2.75) is 30.8 Å². The van der Waals surface area contributed by atoms with E-state index >= 15 is 0 Å². The van der Waals surface area contributed by atoms with Gasteiger partial charge in [-0.05, 0) is 0 Å². The first-order valence-electron chi connectivity index (χ1n) is 5.33. The molecule has 0 saturated carbocycles. The van der Waals surface area contributed by atoms with Crippen LogP contribution in [-0.4, -0.2) is 41.4 Å². The minimum atomic E-state index is -4.10. The molecule has 0 aliphatic heterocycles. The van der Waals surface area contributed by atoms with Gasteiger partial charge in [-0.3, -0.25) is 9.59 Å². The normalized spacial score (nSPS) is 13.1. The number of aliphatic carboxylic acids is 1. The van der Waals surface area contributed by atoms with Crippen molar-refractivity contribution in [2.24, 2.45) is 5.73 Å². The zero-order valence-electron chi connectivity index (χ0n) is 10.1. The molecule has 1 aromatic rings. The van der Waals surface area contributed by atoms with Gasteiger partial charge in [-0.2, -0.15) is 4.72 Å². The number of aryl methyl sites for hydroxylation is 1. The first kappa shape index (κ1) is 15.1. The number of nitrogens with two attached hydrogens (primary N) is 1. The molecule has 0 fully saturated rings. The second-order valence-corrected chi connectivity index (χ2v) is 5.41. The van der Waals surface area contributed by atoms with Crippen molar-refractivity contribution < 1.29 is 23.1 Å². The molecule has 0 aromatic carbocycles. The largest absolute Gasteiger partial charge is 0.480 e. The molecule has 0 radical (unpaired) electrons. The number of hydrogen-bond acceptors (Lipinski definition) is 5. The molecule has 0 spiro atoms. The molecule has 9 nitrogen and oxygen atoms in total. The number of carbonyl (C=O) groups excluding carboxylic acids is 1. The van der Waals surface area contributed by atoms with E-state index in [0.29, 0.717) is 12.2 Å². The van der Waals surface area contributed by atoms with E-state index in [1.807, 2.05) is 4.72 Å². The molecule has 0 bridgehead atoms. The van der Waals surface area contributed by atoms with E-state index in [0.717, 1.165) is 6.20 Å². The summed E-state index contributed by atoms with van der Waals surface area (Å²) in [5.74, 6) is -1.96. The van der Waals surface area contributed by atoms with Gasteiger partial charge in [-0.15, -0.1) is 0 Å². The first-order chi connectivity index (χ1) is 8.76. The smallest absolute Gasteiger partial charge is 0.322 e. The fourth-order valence-corrected chi connectivity index (χ4v) is 2.42. The Labute approximate surface area is 109 Å². The van der Waals surface area contributed by atoms with E-state index in [2.05, 4.69) is 9.97 Å². The number of nitrogens with zero attached hydrogens (tertiary/aromatic N) is 1. The minimum absolute atomic E-state index is 0.264. The van der Waals surface area contributed by atoms with E-state index < -0.39 is 34.4 Å². The van der Waals surface area contributed by atoms with Gasteiger partial charge in [-0.25, -0.2) is 13.4 Å². The number of carbonyl (C=O) groups is 2. The average Bonchev–Trinajstić information content (AvgIpc) is 2.76. The number of H-pyrrole nitrogens is 1. The third-order valence-corrected chi connectivity index (χ3v) is 3.61.